The molecule has 0 spiro atoms. The smallest absolute Gasteiger partial charge is 0.168 e. The molecular weight excluding hydrogens is 259 g/mol. The van der Waals surface area contributed by atoms with Gasteiger partial charge in [0.15, 0.2) is 5.78 Å². The molecule has 0 aliphatic rings. The predicted octanol–water partition coefficient (Wildman–Crippen LogP) is 4.27. The van der Waals surface area contributed by atoms with E-state index in [1.165, 1.54) is 29.5 Å². The number of hydrogen-bond donors (Lipinski definition) is 0. The number of Topliss-reactive ketones (excluding diaryl/α,β-unsaturated/α-hetero) is 1. The highest BCUT2D eigenvalue weighted by Crippen LogP contribution is 2.20. The average Bonchev–Trinajstić information content (AvgIpc) is 2.70. The Kier molecular flexibility index (Phi) is 3.60. The molecule has 2 aromatic rings. The van der Waals surface area contributed by atoms with Gasteiger partial charge in [-0.25, -0.2) is 4.39 Å². The predicted molar refractivity (Wildman–Crippen MR) is 68.5 cm³/mol. The molecule has 88 valence electrons. The maximum Gasteiger partial charge on any atom is 0.168 e. The molecule has 0 N–H and O–H groups in total. The third kappa shape index (κ3) is 2.73. The van der Waals surface area contributed by atoms with Gasteiger partial charge in [0.25, 0.3) is 0 Å². The van der Waals surface area contributed by atoms with Gasteiger partial charge in [0.2, 0.25) is 0 Å². The number of thiophene rings is 1. The first-order valence-electron chi connectivity index (χ1n) is 5.08. The summed E-state index contributed by atoms with van der Waals surface area (Å²) in [5.74, 6) is -0.472. The Balaban J connectivity index is 2.24. The van der Waals surface area contributed by atoms with E-state index in [0.717, 1.165) is 5.56 Å². The van der Waals surface area contributed by atoms with Gasteiger partial charge in [-0.1, -0.05) is 11.6 Å². The standard InChI is InChI=1S/C13H10ClFOS/c1-8-6-17-7-11(8)13(16)5-9-4-10(14)2-3-12(9)15/h2-4,6-7H,5H2,1H3. The number of rotatable bonds is 3. The van der Waals surface area contributed by atoms with Crippen molar-refractivity contribution in [1.82, 2.24) is 0 Å². The summed E-state index contributed by atoms with van der Waals surface area (Å²) in [6.07, 6.45) is 0.0456. The summed E-state index contributed by atoms with van der Waals surface area (Å²) in [5, 5.41) is 4.14. The molecule has 0 aliphatic carbocycles. The van der Waals surface area contributed by atoms with Crippen molar-refractivity contribution >= 4 is 28.7 Å². The Morgan fingerprint density at radius 3 is 2.82 bits per heavy atom. The summed E-state index contributed by atoms with van der Waals surface area (Å²) in [4.78, 5) is 12.0. The molecule has 0 radical (unpaired) electrons. The maximum absolute atomic E-state index is 13.5. The van der Waals surface area contributed by atoms with E-state index in [1.54, 1.807) is 5.38 Å². The van der Waals surface area contributed by atoms with Gasteiger partial charge in [0.05, 0.1) is 0 Å². The number of halogens is 2. The number of ketones is 1. The number of aryl methyl sites for hydroxylation is 1. The maximum atomic E-state index is 13.5. The topological polar surface area (TPSA) is 17.1 Å². The van der Waals surface area contributed by atoms with Gasteiger partial charge < -0.3 is 0 Å². The van der Waals surface area contributed by atoms with E-state index in [0.29, 0.717) is 16.1 Å². The van der Waals surface area contributed by atoms with Crippen LogP contribution in [0.4, 0.5) is 4.39 Å². The first-order chi connectivity index (χ1) is 8.08. The lowest BCUT2D eigenvalue weighted by atomic mass is 10.0. The fourth-order valence-electron chi connectivity index (χ4n) is 1.59. The van der Waals surface area contributed by atoms with Gasteiger partial charge in [-0.2, -0.15) is 11.3 Å². The lowest BCUT2D eigenvalue weighted by Crippen LogP contribution is -2.05. The monoisotopic (exact) mass is 268 g/mol. The second-order valence-corrected chi connectivity index (χ2v) is 4.98. The van der Waals surface area contributed by atoms with E-state index in [-0.39, 0.29) is 12.2 Å². The number of benzene rings is 1. The highest BCUT2D eigenvalue weighted by atomic mass is 35.5. The van der Waals surface area contributed by atoms with Crippen LogP contribution in [0, 0.1) is 12.7 Å². The first kappa shape index (κ1) is 12.3. The largest absolute Gasteiger partial charge is 0.294 e. The minimum Gasteiger partial charge on any atom is -0.294 e. The van der Waals surface area contributed by atoms with Gasteiger partial charge >= 0.3 is 0 Å². The number of carbonyl (C=O) groups is 1. The second kappa shape index (κ2) is 4.98. The van der Waals surface area contributed by atoms with Crippen molar-refractivity contribution in [2.24, 2.45) is 0 Å². The number of carbonyl (C=O) groups excluding carboxylic acids is 1. The molecule has 0 amide bonds. The van der Waals surface area contributed by atoms with Crippen LogP contribution in [0.5, 0.6) is 0 Å². The molecule has 17 heavy (non-hydrogen) atoms. The van der Waals surface area contributed by atoms with E-state index in [2.05, 4.69) is 0 Å². The first-order valence-corrected chi connectivity index (χ1v) is 6.40. The molecule has 1 aromatic heterocycles. The van der Waals surface area contributed by atoms with E-state index in [9.17, 15) is 9.18 Å². The number of hydrogen-bond acceptors (Lipinski definition) is 2. The molecule has 2 rings (SSSR count). The van der Waals surface area contributed by atoms with Crippen molar-refractivity contribution in [1.29, 1.82) is 0 Å². The van der Waals surface area contributed by atoms with Gasteiger partial charge in [0.1, 0.15) is 5.82 Å². The van der Waals surface area contributed by atoms with Crippen LogP contribution in [0.25, 0.3) is 0 Å². The summed E-state index contributed by atoms with van der Waals surface area (Å²) in [6.45, 7) is 1.87. The van der Waals surface area contributed by atoms with E-state index < -0.39 is 5.82 Å². The molecule has 0 aliphatic heterocycles. The van der Waals surface area contributed by atoms with E-state index in [4.69, 9.17) is 11.6 Å². The highest BCUT2D eigenvalue weighted by molar-refractivity contribution is 7.08. The zero-order valence-electron chi connectivity index (χ0n) is 9.17. The zero-order valence-corrected chi connectivity index (χ0v) is 10.7. The van der Waals surface area contributed by atoms with Crippen LogP contribution in [-0.4, -0.2) is 5.78 Å². The Bertz CT molecular complexity index is 562. The molecular formula is C13H10ClFOS. The minimum atomic E-state index is -0.393. The van der Waals surface area contributed by atoms with Gasteiger partial charge in [-0.05, 0) is 41.6 Å². The van der Waals surface area contributed by atoms with Crippen LogP contribution in [0.3, 0.4) is 0 Å². The molecule has 0 unspecified atom stereocenters. The van der Waals surface area contributed by atoms with Crippen LogP contribution < -0.4 is 0 Å². The van der Waals surface area contributed by atoms with Crippen molar-refractivity contribution in [3.8, 4) is 0 Å². The highest BCUT2D eigenvalue weighted by Gasteiger charge is 2.13. The Morgan fingerprint density at radius 2 is 2.18 bits per heavy atom. The van der Waals surface area contributed by atoms with Crippen molar-refractivity contribution < 1.29 is 9.18 Å². The van der Waals surface area contributed by atoms with Crippen molar-refractivity contribution in [2.75, 3.05) is 0 Å². The lowest BCUT2D eigenvalue weighted by Gasteiger charge is -2.03. The molecule has 0 atom stereocenters. The van der Waals surface area contributed by atoms with Crippen molar-refractivity contribution in [3.05, 3.63) is 56.5 Å². The molecule has 1 heterocycles. The summed E-state index contributed by atoms with van der Waals surface area (Å²) in [6, 6.07) is 4.25. The van der Waals surface area contributed by atoms with Crippen LogP contribution in [0.2, 0.25) is 5.02 Å². The molecule has 0 bridgehead atoms. The quantitative estimate of drug-likeness (QED) is 0.760. The molecule has 4 heteroatoms. The lowest BCUT2D eigenvalue weighted by molar-refractivity contribution is 0.0991. The van der Waals surface area contributed by atoms with Crippen molar-refractivity contribution in [2.45, 2.75) is 13.3 Å². The minimum absolute atomic E-state index is 0.0456. The molecule has 0 saturated carbocycles. The van der Waals surface area contributed by atoms with Crippen LogP contribution in [-0.2, 0) is 6.42 Å². The summed E-state index contributed by atoms with van der Waals surface area (Å²) in [5.41, 5.74) is 1.94. The Morgan fingerprint density at radius 1 is 1.41 bits per heavy atom. The normalized spacial score (nSPS) is 10.5. The van der Waals surface area contributed by atoms with E-state index >= 15 is 0 Å². The van der Waals surface area contributed by atoms with Crippen LogP contribution >= 0.6 is 22.9 Å². The third-order valence-electron chi connectivity index (χ3n) is 2.51. The van der Waals surface area contributed by atoms with Gasteiger partial charge in [0, 0.05) is 22.4 Å². The van der Waals surface area contributed by atoms with Crippen LogP contribution in [0.1, 0.15) is 21.5 Å². The van der Waals surface area contributed by atoms with Gasteiger partial charge in [-0.15, -0.1) is 0 Å². The molecule has 0 fully saturated rings. The SMILES string of the molecule is Cc1cscc1C(=O)Cc1cc(Cl)ccc1F. The fraction of sp³-hybridized carbons (Fsp3) is 0.154. The van der Waals surface area contributed by atoms with Gasteiger partial charge in [-0.3, -0.25) is 4.79 Å². The third-order valence-corrected chi connectivity index (χ3v) is 3.61. The van der Waals surface area contributed by atoms with Crippen LogP contribution in [0.15, 0.2) is 29.0 Å². The fourth-order valence-corrected chi connectivity index (χ4v) is 2.64. The molecule has 1 nitrogen and oxygen atoms in total. The molecule has 1 aromatic carbocycles. The molecule has 0 saturated heterocycles. The Labute approximate surface area is 108 Å². The van der Waals surface area contributed by atoms with Crippen molar-refractivity contribution in [3.63, 3.8) is 0 Å². The zero-order chi connectivity index (χ0) is 12.4. The Hall–Kier alpha value is -1.19. The summed E-state index contributed by atoms with van der Waals surface area (Å²) >= 11 is 7.25. The summed E-state index contributed by atoms with van der Waals surface area (Å²) in [7, 11) is 0. The summed E-state index contributed by atoms with van der Waals surface area (Å²) < 4.78 is 13.5. The van der Waals surface area contributed by atoms with E-state index in [1.807, 2.05) is 12.3 Å². The average molecular weight is 269 g/mol. The second-order valence-electron chi connectivity index (χ2n) is 3.80.